The van der Waals surface area contributed by atoms with E-state index in [9.17, 15) is 4.79 Å². The third-order valence-corrected chi connectivity index (χ3v) is 4.25. The Morgan fingerprint density at radius 1 is 1.35 bits per heavy atom. The van der Waals surface area contributed by atoms with Crippen LogP contribution in [0.1, 0.15) is 45.5 Å². The van der Waals surface area contributed by atoms with Gasteiger partial charge >= 0.3 is 0 Å². The maximum atomic E-state index is 11.2. The van der Waals surface area contributed by atoms with Crippen LogP contribution in [-0.4, -0.2) is 33.8 Å². The number of fused-ring (bicyclic) bond motifs is 1. The first-order valence-corrected chi connectivity index (χ1v) is 9.16. The number of aromatic nitrogens is 2. The largest absolute Gasteiger partial charge is 0.327 e. The second-order valence-electron chi connectivity index (χ2n) is 7.65. The fourth-order valence-electron chi connectivity index (χ4n) is 2.80. The molecule has 2 rings (SSSR count). The summed E-state index contributed by atoms with van der Waals surface area (Å²) in [6, 6.07) is 5.98. The average Bonchev–Trinajstić information content (AvgIpc) is 2.94. The fourth-order valence-corrected chi connectivity index (χ4v) is 2.80. The van der Waals surface area contributed by atoms with Crippen LogP contribution in [0.2, 0.25) is 0 Å². The van der Waals surface area contributed by atoms with Gasteiger partial charge in [-0.2, -0.15) is 0 Å². The van der Waals surface area contributed by atoms with Gasteiger partial charge in [0, 0.05) is 25.6 Å². The molecule has 0 aliphatic carbocycles. The Hall–Kier alpha value is -2.18. The third-order valence-electron chi connectivity index (χ3n) is 4.25. The monoisotopic (exact) mass is 358 g/mol. The summed E-state index contributed by atoms with van der Waals surface area (Å²) in [6.07, 6.45) is 4.96. The number of carbonyl (C=O) groups excluding carboxylic acids is 1. The first-order valence-electron chi connectivity index (χ1n) is 9.16. The van der Waals surface area contributed by atoms with Crippen molar-refractivity contribution in [1.82, 2.24) is 20.3 Å². The van der Waals surface area contributed by atoms with Crippen LogP contribution < -0.4 is 10.8 Å². The Balaban J connectivity index is 2.32. The summed E-state index contributed by atoms with van der Waals surface area (Å²) >= 11 is 0. The molecule has 1 heterocycles. The zero-order valence-electron chi connectivity index (χ0n) is 16.2. The molecular formula is C20H30N4O2. The summed E-state index contributed by atoms with van der Waals surface area (Å²) in [4.78, 5) is 16.0. The second kappa shape index (κ2) is 8.96. The van der Waals surface area contributed by atoms with Gasteiger partial charge in [-0.25, -0.2) is 10.5 Å². The topological polar surface area (TPSA) is 79.2 Å². The molecule has 0 spiro atoms. The van der Waals surface area contributed by atoms with E-state index in [0.29, 0.717) is 0 Å². The van der Waals surface area contributed by atoms with Gasteiger partial charge < -0.3 is 9.88 Å². The molecular weight excluding hydrogens is 328 g/mol. The van der Waals surface area contributed by atoms with Crippen molar-refractivity contribution in [3.63, 3.8) is 0 Å². The maximum absolute atomic E-state index is 11.2. The molecule has 0 bridgehead atoms. The van der Waals surface area contributed by atoms with Crippen molar-refractivity contribution >= 4 is 23.0 Å². The van der Waals surface area contributed by atoms with Gasteiger partial charge in [-0.05, 0) is 42.2 Å². The number of nitrogens with one attached hydrogen (secondary N) is 2. The third kappa shape index (κ3) is 5.68. The Morgan fingerprint density at radius 3 is 2.77 bits per heavy atom. The number of rotatable bonds is 8. The van der Waals surface area contributed by atoms with E-state index in [1.807, 2.05) is 18.2 Å². The van der Waals surface area contributed by atoms with Crippen molar-refractivity contribution in [2.24, 2.45) is 5.41 Å². The summed E-state index contributed by atoms with van der Waals surface area (Å²) < 4.78 is 2.29. The van der Waals surface area contributed by atoms with Crippen molar-refractivity contribution in [3.8, 4) is 0 Å². The smallest absolute Gasteiger partial charge is 0.267 e. The molecule has 0 saturated heterocycles. The number of imidazole rings is 1. The Morgan fingerprint density at radius 2 is 2.12 bits per heavy atom. The molecule has 0 atom stereocenters. The summed E-state index contributed by atoms with van der Waals surface area (Å²) in [5.41, 5.74) is 4.76. The highest BCUT2D eigenvalue weighted by atomic mass is 16.5. The number of hydrogen-bond donors (Lipinski definition) is 3. The zero-order valence-corrected chi connectivity index (χ0v) is 16.2. The number of hydroxylamine groups is 1. The van der Waals surface area contributed by atoms with Gasteiger partial charge in [0.1, 0.15) is 5.82 Å². The summed E-state index contributed by atoms with van der Waals surface area (Å²) in [7, 11) is 0. The molecule has 1 aromatic heterocycles. The van der Waals surface area contributed by atoms with E-state index in [1.165, 1.54) is 6.08 Å². The molecule has 2 aromatic rings. The lowest BCUT2D eigenvalue weighted by Gasteiger charge is -2.18. The minimum Gasteiger partial charge on any atom is -0.327 e. The predicted octanol–water partition coefficient (Wildman–Crippen LogP) is 3.14. The summed E-state index contributed by atoms with van der Waals surface area (Å²) in [5.74, 6) is 0.550. The number of aryl methyl sites for hydroxylation is 1. The highest BCUT2D eigenvalue weighted by Gasteiger charge is 2.15. The van der Waals surface area contributed by atoms with Crippen LogP contribution in [-0.2, 0) is 17.8 Å². The highest BCUT2D eigenvalue weighted by molar-refractivity contribution is 5.91. The van der Waals surface area contributed by atoms with Gasteiger partial charge in [0.05, 0.1) is 11.0 Å². The molecule has 0 aliphatic heterocycles. The minimum absolute atomic E-state index is 0.260. The van der Waals surface area contributed by atoms with E-state index < -0.39 is 5.91 Å². The number of benzene rings is 1. The van der Waals surface area contributed by atoms with E-state index >= 15 is 0 Å². The molecule has 6 heteroatoms. The number of amides is 1. The average molecular weight is 358 g/mol. The zero-order chi connectivity index (χ0) is 19.2. The standard InChI is InChI=1S/C20H30N4O2/c1-5-21-12-13-24-17-8-6-15(7-9-19(25)23-26)14-16(17)22-18(24)10-11-20(2,3)4/h6-9,14,21,26H,5,10-13H2,1-4H3,(H,23,25). The van der Waals surface area contributed by atoms with Crippen LogP contribution in [0.3, 0.4) is 0 Å². The molecule has 0 radical (unpaired) electrons. The Kier molecular flexibility index (Phi) is 6.94. The van der Waals surface area contributed by atoms with Crippen LogP contribution >= 0.6 is 0 Å². The van der Waals surface area contributed by atoms with E-state index in [2.05, 4.69) is 37.6 Å². The Labute approximate surface area is 155 Å². The lowest BCUT2D eigenvalue weighted by atomic mass is 9.90. The summed E-state index contributed by atoms with van der Waals surface area (Å²) in [5, 5.41) is 12.0. The van der Waals surface area contributed by atoms with Crippen molar-refractivity contribution in [3.05, 3.63) is 35.7 Å². The van der Waals surface area contributed by atoms with Gasteiger partial charge in [-0.15, -0.1) is 0 Å². The van der Waals surface area contributed by atoms with Crippen LogP contribution in [0.4, 0.5) is 0 Å². The van der Waals surface area contributed by atoms with Crippen molar-refractivity contribution in [2.45, 2.75) is 47.1 Å². The van der Waals surface area contributed by atoms with Gasteiger partial charge in [0.25, 0.3) is 5.91 Å². The lowest BCUT2D eigenvalue weighted by Crippen LogP contribution is -2.20. The highest BCUT2D eigenvalue weighted by Crippen LogP contribution is 2.24. The first-order chi connectivity index (χ1) is 12.3. The molecule has 1 aromatic carbocycles. The van der Waals surface area contributed by atoms with Crippen molar-refractivity contribution in [2.75, 3.05) is 13.1 Å². The van der Waals surface area contributed by atoms with Gasteiger partial charge in [-0.3, -0.25) is 10.0 Å². The van der Waals surface area contributed by atoms with Crippen LogP contribution in [0.15, 0.2) is 24.3 Å². The summed E-state index contributed by atoms with van der Waals surface area (Å²) in [6.45, 7) is 11.6. The van der Waals surface area contributed by atoms with E-state index in [-0.39, 0.29) is 5.41 Å². The van der Waals surface area contributed by atoms with Crippen LogP contribution in [0.25, 0.3) is 17.1 Å². The van der Waals surface area contributed by atoms with E-state index in [4.69, 9.17) is 10.2 Å². The molecule has 0 unspecified atom stereocenters. The maximum Gasteiger partial charge on any atom is 0.267 e. The molecule has 142 valence electrons. The molecule has 0 saturated carbocycles. The number of carbonyl (C=O) groups is 1. The van der Waals surface area contributed by atoms with Gasteiger partial charge in [0.15, 0.2) is 0 Å². The first kappa shape index (κ1) is 20.1. The van der Waals surface area contributed by atoms with Crippen LogP contribution in [0.5, 0.6) is 0 Å². The quantitative estimate of drug-likeness (QED) is 0.293. The number of likely N-dealkylation sites (N-methyl/N-ethyl adjacent to an activating group) is 1. The molecule has 0 aliphatic rings. The lowest BCUT2D eigenvalue weighted by molar-refractivity contribution is -0.124. The normalized spacial score (nSPS) is 12.2. The Bertz CT molecular complexity index is 772. The predicted molar refractivity (Wildman–Crippen MR) is 105 cm³/mol. The molecule has 3 N–H and O–H groups in total. The SMILES string of the molecule is CCNCCn1c(CCC(C)(C)C)nc2cc(C=CC(=O)NO)ccc21. The van der Waals surface area contributed by atoms with E-state index in [1.54, 1.807) is 11.6 Å². The minimum atomic E-state index is -0.549. The van der Waals surface area contributed by atoms with Crippen LogP contribution in [0, 0.1) is 5.41 Å². The molecule has 0 fully saturated rings. The second-order valence-corrected chi connectivity index (χ2v) is 7.65. The molecule has 1 amide bonds. The van der Waals surface area contributed by atoms with Crippen molar-refractivity contribution in [1.29, 1.82) is 0 Å². The van der Waals surface area contributed by atoms with Gasteiger partial charge in [0.2, 0.25) is 0 Å². The van der Waals surface area contributed by atoms with Crippen molar-refractivity contribution < 1.29 is 10.0 Å². The molecule has 6 nitrogen and oxygen atoms in total. The van der Waals surface area contributed by atoms with Gasteiger partial charge in [-0.1, -0.05) is 33.8 Å². The van der Waals surface area contributed by atoms with E-state index in [0.717, 1.165) is 54.9 Å². The molecule has 26 heavy (non-hydrogen) atoms. The number of hydrogen-bond acceptors (Lipinski definition) is 4. The fraction of sp³-hybridized carbons (Fsp3) is 0.500. The number of nitrogens with zero attached hydrogens (tertiary/aromatic N) is 2.